The van der Waals surface area contributed by atoms with E-state index in [0.717, 1.165) is 6.42 Å². The minimum absolute atomic E-state index is 0.0214. The topological polar surface area (TPSA) is 87.0 Å². The summed E-state index contributed by atoms with van der Waals surface area (Å²) in [4.78, 5) is 13.8. The van der Waals surface area contributed by atoms with E-state index in [9.17, 15) is 10.1 Å². The van der Waals surface area contributed by atoms with Gasteiger partial charge in [-0.15, -0.1) is 0 Å². The molecule has 0 bridgehead atoms. The molecule has 13 heavy (non-hydrogen) atoms. The van der Waals surface area contributed by atoms with E-state index >= 15 is 0 Å². The Hall–Kier alpha value is -1.43. The van der Waals surface area contributed by atoms with Crippen LogP contribution >= 0.6 is 0 Å². The molecule has 2 rings (SSSR count). The molecule has 1 unspecified atom stereocenters. The Kier molecular flexibility index (Phi) is 1.77. The molecule has 0 aliphatic carbocycles. The molecule has 1 aromatic heterocycles. The van der Waals surface area contributed by atoms with Gasteiger partial charge in [0.1, 0.15) is 5.69 Å². The van der Waals surface area contributed by atoms with Gasteiger partial charge in [0.25, 0.3) is 0 Å². The van der Waals surface area contributed by atoms with Crippen molar-refractivity contribution in [2.75, 3.05) is 0 Å². The molecule has 1 atom stereocenters. The van der Waals surface area contributed by atoms with Gasteiger partial charge in [0.05, 0.1) is 0 Å². The fraction of sp³-hybridized carbons (Fsp3) is 0.571. The van der Waals surface area contributed by atoms with Crippen LogP contribution < -0.4 is 5.73 Å². The molecule has 2 heterocycles. The summed E-state index contributed by atoms with van der Waals surface area (Å²) >= 11 is 0. The summed E-state index contributed by atoms with van der Waals surface area (Å²) in [5.74, 6) is -0.0214. The van der Waals surface area contributed by atoms with E-state index in [4.69, 9.17) is 5.73 Å². The molecule has 0 saturated heterocycles. The molecule has 0 fully saturated rings. The summed E-state index contributed by atoms with van der Waals surface area (Å²) in [6.07, 6.45) is 2.94. The molecule has 1 aromatic rings. The van der Waals surface area contributed by atoms with Crippen molar-refractivity contribution in [3.8, 4) is 0 Å². The lowest BCUT2D eigenvalue weighted by atomic mass is 10.1. The van der Waals surface area contributed by atoms with Crippen LogP contribution in [0.4, 0.5) is 5.82 Å². The number of rotatable bonds is 1. The fourth-order valence-electron chi connectivity index (χ4n) is 1.63. The summed E-state index contributed by atoms with van der Waals surface area (Å²) in [6.45, 7) is 0.635. The van der Waals surface area contributed by atoms with Crippen molar-refractivity contribution in [3.05, 3.63) is 22.1 Å². The Labute approximate surface area is 74.5 Å². The fourth-order valence-corrected chi connectivity index (χ4v) is 1.63. The zero-order valence-corrected chi connectivity index (χ0v) is 7.01. The van der Waals surface area contributed by atoms with Gasteiger partial charge in [0, 0.05) is 12.6 Å². The Morgan fingerprint density at radius 1 is 1.77 bits per heavy atom. The number of hydrogen-bond donors (Lipinski definition) is 1. The van der Waals surface area contributed by atoms with E-state index in [1.807, 2.05) is 0 Å². The number of imidazole rings is 1. The SMILES string of the molecule is NC1CCc2c([N+](=O)[O-])ncn2C1. The van der Waals surface area contributed by atoms with Gasteiger partial charge < -0.3 is 20.4 Å². The summed E-state index contributed by atoms with van der Waals surface area (Å²) in [7, 11) is 0. The highest BCUT2D eigenvalue weighted by Gasteiger charge is 2.25. The quantitative estimate of drug-likeness (QED) is 0.491. The van der Waals surface area contributed by atoms with Crippen molar-refractivity contribution >= 4 is 5.82 Å². The third-order valence-electron chi connectivity index (χ3n) is 2.28. The molecular weight excluding hydrogens is 172 g/mol. The van der Waals surface area contributed by atoms with E-state index < -0.39 is 4.92 Å². The molecule has 1 aliphatic heterocycles. The Morgan fingerprint density at radius 2 is 2.54 bits per heavy atom. The first-order valence-corrected chi connectivity index (χ1v) is 4.12. The van der Waals surface area contributed by atoms with E-state index in [-0.39, 0.29) is 11.9 Å². The monoisotopic (exact) mass is 182 g/mol. The zero-order valence-electron chi connectivity index (χ0n) is 7.01. The average Bonchev–Trinajstić information content (AvgIpc) is 2.46. The number of hydrogen-bond acceptors (Lipinski definition) is 4. The van der Waals surface area contributed by atoms with Crippen molar-refractivity contribution in [3.63, 3.8) is 0 Å². The molecule has 6 nitrogen and oxygen atoms in total. The Balaban J connectivity index is 2.39. The predicted molar refractivity (Wildman–Crippen MR) is 45.2 cm³/mol. The Bertz CT molecular complexity index is 346. The molecule has 70 valence electrons. The van der Waals surface area contributed by atoms with Gasteiger partial charge in [-0.2, -0.15) is 0 Å². The zero-order chi connectivity index (χ0) is 9.42. The van der Waals surface area contributed by atoms with E-state index in [0.29, 0.717) is 18.7 Å². The molecule has 1 aliphatic rings. The van der Waals surface area contributed by atoms with Crippen LogP contribution in [-0.4, -0.2) is 20.5 Å². The van der Waals surface area contributed by atoms with Gasteiger partial charge in [-0.3, -0.25) is 0 Å². The standard InChI is InChI=1S/C7H10N4O2/c8-5-1-2-6-7(11(12)13)9-4-10(6)3-5/h4-5H,1-3,8H2. The summed E-state index contributed by atoms with van der Waals surface area (Å²) < 4.78 is 1.77. The smallest absolute Gasteiger partial charge is 0.358 e. The van der Waals surface area contributed by atoms with Crippen LogP contribution in [0.1, 0.15) is 12.1 Å². The highest BCUT2D eigenvalue weighted by Crippen LogP contribution is 2.22. The van der Waals surface area contributed by atoms with Crippen LogP contribution in [0.5, 0.6) is 0 Å². The Morgan fingerprint density at radius 3 is 3.23 bits per heavy atom. The highest BCUT2D eigenvalue weighted by molar-refractivity contribution is 5.28. The van der Waals surface area contributed by atoms with Crippen LogP contribution in [0.15, 0.2) is 6.33 Å². The van der Waals surface area contributed by atoms with Gasteiger partial charge in [-0.1, -0.05) is 0 Å². The summed E-state index contributed by atoms with van der Waals surface area (Å²) in [5, 5.41) is 10.5. The first-order valence-electron chi connectivity index (χ1n) is 4.12. The van der Waals surface area contributed by atoms with Crippen molar-refractivity contribution in [2.24, 2.45) is 5.73 Å². The van der Waals surface area contributed by atoms with E-state index in [1.54, 1.807) is 4.57 Å². The molecule has 2 N–H and O–H groups in total. The van der Waals surface area contributed by atoms with Crippen molar-refractivity contribution in [2.45, 2.75) is 25.4 Å². The van der Waals surface area contributed by atoms with Gasteiger partial charge in [0.2, 0.25) is 6.33 Å². The molecule has 0 spiro atoms. The lowest BCUT2D eigenvalue weighted by Gasteiger charge is -2.18. The van der Waals surface area contributed by atoms with Crippen LogP contribution in [-0.2, 0) is 13.0 Å². The van der Waals surface area contributed by atoms with Crippen LogP contribution in [0.25, 0.3) is 0 Å². The minimum Gasteiger partial charge on any atom is -0.358 e. The van der Waals surface area contributed by atoms with Crippen LogP contribution in [0.2, 0.25) is 0 Å². The maximum absolute atomic E-state index is 10.5. The number of nitrogens with two attached hydrogens (primary N) is 1. The minimum atomic E-state index is -0.442. The normalized spacial score (nSPS) is 21.2. The van der Waals surface area contributed by atoms with Gasteiger partial charge >= 0.3 is 5.82 Å². The van der Waals surface area contributed by atoms with Gasteiger partial charge in [0.15, 0.2) is 0 Å². The third-order valence-corrected chi connectivity index (χ3v) is 2.28. The lowest BCUT2D eigenvalue weighted by molar-refractivity contribution is -0.390. The van der Waals surface area contributed by atoms with Crippen molar-refractivity contribution < 1.29 is 4.92 Å². The first-order chi connectivity index (χ1) is 6.18. The molecule has 0 radical (unpaired) electrons. The summed E-state index contributed by atoms with van der Waals surface area (Å²) in [5.41, 5.74) is 6.42. The van der Waals surface area contributed by atoms with Crippen molar-refractivity contribution in [1.29, 1.82) is 0 Å². The van der Waals surface area contributed by atoms with E-state index in [2.05, 4.69) is 4.98 Å². The van der Waals surface area contributed by atoms with E-state index in [1.165, 1.54) is 6.33 Å². The second-order valence-corrected chi connectivity index (χ2v) is 3.22. The molecule has 6 heteroatoms. The first kappa shape index (κ1) is 8.18. The predicted octanol–water partition coefficient (Wildman–Crippen LogP) is 0.0648. The largest absolute Gasteiger partial charge is 0.384 e. The summed E-state index contributed by atoms with van der Waals surface area (Å²) in [6, 6.07) is 0.0984. The van der Waals surface area contributed by atoms with Crippen molar-refractivity contribution in [1.82, 2.24) is 9.55 Å². The maximum Gasteiger partial charge on any atom is 0.384 e. The molecule has 0 aromatic carbocycles. The molecule has 0 amide bonds. The third kappa shape index (κ3) is 1.29. The van der Waals surface area contributed by atoms with Gasteiger partial charge in [-0.05, 0) is 22.7 Å². The number of aromatic nitrogens is 2. The second-order valence-electron chi connectivity index (χ2n) is 3.22. The van der Waals surface area contributed by atoms with Gasteiger partial charge in [-0.25, -0.2) is 0 Å². The van der Waals surface area contributed by atoms with Crippen LogP contribution in [0.3, 0.4) is 0 Å². The lowest BCUT2D eigenvalue weighted by Crippen LogP contribution is -2.31. The average molecular weight is 182 g/mol. The highest BCUT2D eigenvalue weighted by atomic mass is 16.6. The number of nitro groups is 1. The second kappa shape index (κ2) is 2.81. The maximum atomic E-state index is 10.5. The molecular formula is C7H10N4O2. The number of nitrogens with zero attached hydrogens (tertiary/aromatic N) is 3. The van der Waals surface area contributed by atoms with Crippen LogP contribution in [0, 0.1) is 10.1 Å². The molecule has 0 saturated carbocycles. The number of fused-ring (bicyclic) bond motifs is 1.